The Morgan fingerprint density at radius 1 is 1.11 bits per heavy atom. The summed E-state index contributed by atoms with van der Waals surface area (Å²) in [5, 5.41) is 3.59. The molecule has 0 radical (unpaired) electrons. The van der Waals surface area contributed by atoms with E-state index in [9.17, 15) is 0 Å². The third-order valence-corrected chi connectivity index (χ3v) is 4.50. The van der Waals surface area contributed by atoms with Gasteiger partial charge in [0.2, 0.25) is 0 Å². The highest BCUT2D eigenvalue weighted by Crippen LogP contribution is 2.38. The fourth-order valence-corrected chi connectivity index (χ4v) is 2.88. The first-order valence-corrected chi connectivity index (χ1v) is 7.77. The zero-order valence-electron chi connectivity index (χ0n) is 12.3. The lowest BCUT2D eigenvalue weighted by Gasteiger charge is -2.41. The summed E-state index contributed by atoms with van der Waals surface area (Å²) in [5.74, 6) is 0. The molecule has 0 unspecified atom stereocenters. The van der Waals surface area contributed by atoms with Gasteiger partial charge in [0.15, 0.2) is 0 Å². The van der Waals surface area contributed by atoms with Gasteiger partial charge >= 0.3 is 0 Å². The average molecular weight is 260 g/mol. The molecular weight excluding hydrogens is 232 g/mol. The molecule has 1 saturated carbocycles. The molecule has 0 atom stereocenters. The van der Waals surface area contributed by atoms with Crippen LogP contribution in [0.3, 0.4) is 0 Å². The minimum absolute atomic E-state index is 0.422. The van der Waals surface area contributed by atoms with Crippen LogP contribution >= 0.6 is 0 Å². The lowest BCUT2D eigenvalue weighted by molar-refractivity contribution is 0.141. The number of nitrogens with one attached hydrogen (secondary N) is 1. The molecule has 19 heavy (non-hydrogen) atoms. The number of rotatable bonds is 8. The number of hydrogen-bond acceptors (Lipinski definition) is 2. The molecule has 2 nitrogen and oxygen atoms in total. The molecule has 2 rings (SSSR count). The third kappa shape index (κ3) is 4.05. The van der Waals surface area contributed by atoms with E-state index >= 15 is 0 Å². The molecule has 0 saturated heterocycles. The Kier molecular flexibility index (Phi) is 5.41. The fourth-order valence-electron chi connectivity index (χ4n) is 2.88. The molecule has 1 aromatic rings. The fraction of sp³-hybridized carbons (Fsp3) is 0.647. The maximum Gasteiger partial charge on any atom is 0.00200 e. The van der Waals surface area contributed by atoms with E-state index < -0.39 is 0 Å². The molecule has 1 aliphatic rings. The third-order valence-electron chi connectivity index (χ3n) is 4.50. The molecule has 0 aromatic heterocycles. The van der Waals surface area contributed by atoms with Crippen molar-refractivity contribution in [2.24, 2.45) is 11.1 Å². The maximum absolute atomic E-state index is 5.87. The van der Waals surface area contributed by atoms with Gasteiger partial charge in [-0.15, -0.1) is 0 Å². The predicted molar refractivity (Wildman–Crippen MR) is 82.3 cm³/mol. The van der Waals surface area contributed by atoms with Crippen molar-refractivity contribution in [3.8, 4) is 0 Å². The second-order valence-corrected chi connectivity index (χ2v) is 6.05. The van der Waals surface area contributed by atoms with Crippen LogP contribution in [-0.2, 0) is 12.8 Å². The van der Waals surface area contributed by atoms with Gasteiger partial charge in [0.05, 0.1) is 0 Å². The summed E-state index contributed by atoms with van der Waals surface area (Å²) in [6.45, 7) is 5.23. The normalized spacial score (nSPS) is 17.2. The van der Waals surface area contributed by atoms with Crippen LogP contribution in [0.2, 0.25) is 0 Å². The first-order valence-electron chi connectivity index (χ1n) is 7.77. The summed E-state index contributed by atoms with van der Waals surface area (Å²) in [6, 6.07) is 9.09. The van der Waals surface area contributed by atoms with E-state index in [-0.39, 0.29) is 0 Å². The molecule has 2 heteroatoms. The van der Waals surface area contributed by atoms with Crippen molar-refractivity contribution in [2.45, 2.75) is 45.4 Å². The molecule has 0 heterocycles. The van der Waals surface area contributed by atoms with E-state index in [2.05, 4.69) is 36.5 Å². The molecule has 0 bridgehead atoms. The van der Waals surface area contributed by atoms with Crippen LogP contribution in [0.15, 0.2) is 24.3 Å². The number of benzene rings is 1. The summed E-state index contributed by atoms with van der Waals surface area (Å²) in [5.41, 5.74) is 9.18. The van der Waals surface area contributed by atoms with E-state index in [4.69, 9.17) is 5.73 Å². The largest absolute Gasteiger partial charge is 0.330 e. The average Bonchev–Trinajstić information content (AvgIpc) is 2.39. The molecule has 3 N–H and O–H groups in total. The summed E-state index contributed by atoms with van der Waals surface area (Å²) in [7, 11) is 0. The van der Waals surface area contributed by atoms with Crippen LogP contribution in [0.25, 0.3) is 0 Å². The van der Waals surface area contributed by atoms with Gasteiger partial charge in [0.25, 0.3) is 0 Å². The quantitative estimate of drug-likeness (QED) is 0.705. The molecule has 106 valence electrons. The van der Waals surface area contributed by atoms with Gasteiger partial charge < -0.3 is 11.1 Å². The molecular formula is C17H28N2. The molecule has 0 amide bonds. The topological polar surface area (TPSA) is 38.0 Å². The van der Waals surface area contributed by atoms with Crippen molar-refractivity contribution in [1.29, 1.82) is 0 Å². The summed E-state index contributed by atoms with van der Waals surface area (Å²) in [4.78, 5) is 0. The minimum atomic E-state index is 0.422. The second-order valence-electron chi connectivity index (χ2n) is 6.05. The number of aryl methyl sites for hydroxylation is 1. The van der Waals surface area contributed by atoms with E-state index in [0.29, 0.717) is 5.41 Å². The van der Waals surface area contributed by atoms with Crippen molar-refractivity contribution in [2.75, 3.05) is 19.6 Å². The van der Waals surface area contributed by atoms with Crippen molar-refractivity contribution >= 4 is 0 Å². The first kappa shape index (κ1) is 14.5. The minimum Gasteiger partial charge on any atom is -0.330 e. The monoisotopic (exact) mass is 260 g/mol. The van der Waals surface area contributed by atoms with Crippen LogP contribution < -0.4 is 11.1 Å². The summed E-state index contributed by atoms with van der Waals surface area (Å²) in [6.07, 6.45) is 7.51. The number of nitrogens with two attached hydrogens (primary N) is 1. The molecule has 1 aromatic carbocycles. The zero-order chi connectivity index (χ0) is 13.6. The highest BCUT2D eigenvalue weighted by atomic mass is 14.9. The van der Waals surface area contributed by atoms with Crippen LogP contribution in [0, 0.1) is 5.41 Å². The summed E-state index contributed by atoms with van der Waals surface area (Å²) >= 11 is 0. The van der Waals surface area contributed by atoms with Gasteiger partial charge in [-0.2, -0.15) is 0 Å². The van der Waals surface area contributed by atoms with E-state index in [1.54, 1.807) is 0 Å². The maximum atomic E-state index is 5.87. The Balaban J connectivity index is 1.67. The van der Waals surface area contributed by atoms with Gasteiger partial charge in [0.1, 0.15) is 0 Å². The Labute approximate surface area is 117 Å². The van der Waals surface area contributed by atoms with E-state index in [0.717, 1.165) is 26.1 Å². The van der Waals surface area contributed by atoms with Gasteiger partial charge in [-0.3, -0.25) is 0 Å². The van der Waals surface area contributed by atoms with Gasteiger partial charge in [-0.25, -0.2) is 0 Å². The molecule has 0 spiro atoms. The van der Waals surface area contributed by atoms with Crippen molar-refractivity contribution in [3.63, 3.8) is 0 Å². The van der Waals surface area contributed by atoms with Crippen molar-refractivity contribution in [3.05, 3.63) is 35.4 Å². The van der Waals surface area contributed by atoms with Crippen LogP contribution in [0.4, 0.5) is 0 Å². The smallest absolute Gasteiger partial charge is 0.00200 e. The van der Waals surface area contributed by atoms with Gasteiger partial charge in [0, 0.05) is 6.54 Å². The number of hydrogen-bond donors (Lipinski definition) is 2. The SMILES string of the molecule is CCCc1ccc(CCNCC2(CN)CCC2)cc1. The predicted octanol–water partition coefficient (Wildman–Crippen LogP) is 2.90. The Morgan fingerprint density at radius 2 is 1.74 bits per heavy atom. The Hall–Kier alpha value is -0.860. The lowest BCUT2D eigenvalue weighted by atomic mass is 9.69. The molecule has 1 fully saturated rings. The zero-order valence-corrected chi connectivity index (χ0v) is 12.3. The highest BCUT2D eigenvalue weighted by molar-refractivity contribution is 5.22. The first-order chi connectivity index (χ1) is 9.28. The summed E-state index contributed by atoms with van der Waals surface area (Å²) < 4.78 is 0. The van der Waals surface area contributed by atoms with Crippen molar-refractivity contribution in [1.82, 2.24) is 5.32 Å². The standard InChI is InChI=1S/C17H28N2/c1-2-4-15-5-7-16(8-6-15)9-12-19-14-17(13-18)10-3-11-17/h5-8,19H,2-4,9-14,18H2,1H3. The second kappa shape index (κ2) is 7.06. The van der Waals surface area contributed by atoms with Crippen LogP contribution in [-0.4, -0.2) is 19.6 Å². The Morgan fingerprint density at radius 3 is 2.21 bits per heavy atom. The van der Waals surface area contributed by atoms with Gasteiger partial charge in [-0.05, 0) is 55.3 Å². The molecule has 0 aliphatic heterocycles. The van der Waals surface area contributed by atoms with Crippen LogP contribution in [0.1, 0.15) is 43.7 Å². The van der Waals surface area contributed by atoms with Crippen LogP contribution in [0.5, 0.6) is 0 Å². The Bertz CT molecular complexity index is 360. The molecule has 1 aliphatic carbocycles. The lowest BCUT2D eigenvalue weighted by Crippen LogP contribution is -2.45. The van der Waals surface area contributed by atoms with Crippen molar-refractivity contribution < 1.29 is 0 Å². The van der Waals surface area contributed by atoms with E-state index in [1.807, 2.05) is 0 Å². The van der Waals surface area contributed by atoms with E-state index in [1.165, 1.54) is 43.2 Å². The van der Waals surface area contributed by atoms with Gasteiger partial charge in [-0.1, -0.05) is 44.0 Å². The highest BCUT2D eigenvalue weighted by Gasteiger charge is 2.34.